The van der Waals surface area contributed by atoms with E-state index in [9.17, 15) is 4.79 Å². The molecule has 0 bridgehead atoms. The van der Waals surface area contributed by atoms with Crippen LogP contribution in [0.15, 0.2) is 22.5 Å². The van der Waals surface area contributed by atoms with Gasteiger partial charge in [-0.15, -0.1) is 0 Å². The van der Waals surface area contributed by atoms with Crippen LogP contribution in [0.3, 0.4) is 0 Å². The first-order valence-corrected chi connectivity index (χ1v) is 12.6. The highest BCUT2D eigenvalue weighted by Gasteiger charge is 2.36. The third-order valence-corrected chi connectivity index (χ3v) is 7.40. The molecule has 0 aliphatic heterocycles. The molecule has 0 aromatic heterocycles. The largest absolute Gasteiger partial charge is 0.302 e. The average Bonchev–Trinajstić information content (AvgIpc) is 2.43. The fourth-order valence-electron chi connectivity index (χ4n) is 2.13. The van der Waals surface area contributed by atoms with E-state index >= 15 is 0 Å². The van der Waals surface area contributed by atoms with Crippen molar-refractivity contribution in [2.24, 2.45) is 5.92 Å². The Morgan fingerprint density at radius 2 is 1.27 bits per heavy atom. The number of aldehydes is 1. The molecule has 0 unspecified atom stereocenters. The zero-order valence-electron chi connectivity index (χ0n) is 10.7. The van der Waals surface area contributed by atoms with Crippen molar-refractivity contribution >= 4 is 22.4 Å². The molecule has 1 aliphatic rings. The minimum atomic E-state index is -1.33. The van der Waals surface area contributed by atoms with Crippen molar-refractivity contribution in [1.82, 2.24) is 0 Å². The SMILES string of the molecule is C[Si](C)(C)C1=CC=C([Si](C)(C)C)C1C=O. The summed E-state index contributed by atoms with van der Waals surface area (Å²) in [6, 6.07) is 0. The summed E-state index contributed by atoms with van der Waals surface area (Å²) in [4.78, 5) is 11.3. The van der Waals surface area contributed by atoms with Gasteiger partial charge in [-0.2, -0.15) is 0 Å². The van der Waals surface area contributed by atoms with Gasteiger partial charge in [-0.3, -0.25) is 0 Å². The maximum Gasteiger partial charge on any atom is 0.130 e. The minimum absolute atomic E-state index is 0.114. The first-order valence-electron chi connectivity index (χ1n) is 5.56. The molecule has 0 saturated heterocycles. The second-order valence-electron chi connectivity index (χ2n) is 6.36. The number of hydrogen-bond acceptors (Lipinski definition) is 1. The van der Waals surface area contributed by atoms with E-state index in [0.717, 1.165) is 6.29 Å². The molecule has 0 saturated carbocycles. The Balaban J connectivity index is 3.03. The molecule has 1 aliphatic carbocycles. The molecule has 0 radical (unpaired) electrons. The minimum Gasteiger partial charge on any atom is -0.302 e. The third-order valence-electron chi connectivity index (χ3n) is 2.98. The lowest BCUT2D eigenvalue weighted by Gasteiger charge is -2.28. The van der Waals surface area contributed by atoms with Crippen molar-refractivity contribution in [2.75, 3.05) is 0 Å². The summed E-state index contributed by atoms with van der Waals surface area (Å²) >= 11 is 0. The molecule has 0 fully saturated rings. The van der Waals surface area contributed by atoms with E-state index in [0.29, 0.717) is 0 Å². The van der Waals surface area contributed by atoms with Gasteiger partial charge in [0.15, 0.2) is 0 Å². The molecular formula is C12H22OSi2. The van der Waals surface area contributed by atoms with Crippen molar-refractivity contribution in [1.29, 1.82) is 0 Å². The van der Waals surface area contributed by atoms with Crippen LogP contribution in [0.5, 0.6) is 0 Å². The van der Waals surface area contributed by atoms with E-state index in [-0.39, 0.29) is 5.92 Å². The van der Waals surface area contributed by atoms with Gasteiger partial charge in [-0.05, 0) is 0 Å². The quantitative estimate of drug-likeness (QED) is 0.544. The first kappa shape index (κ1) is 12.7. The molecule has 84 valence electrons. The van der Waals surface area contributed by atoms with Crippen LogP contribution >= 0.6 is 0 Å². The van der Waals surface area contributed by atoms with Gasteiger partial charge in [0.25, 0.3) is 0 Å². The molecule has 0 spiro atoms. The lowest BCUT2D eigenvalue weighted by molar-refractivity contribution is -0.109. The highest BCUT2D eigenvalue weighted by molar-refractivity contribution is 6.86. The zero-order valence-corrected chi connectivity index (χ0v) is 12.7. The maximum atomic E-state index is 11.3. The second kappa shape index (κ2) is 3.87. The summed E-state index contributed by atoms with van der Waals surface area (Å²) in [6.07, 6.45) is 5.60. The van der Waals surface area contributed by atoms with Gasteiger partial charge in [0, 0.05) is 0 Å². The van der Waals surface area contributed by atoms with E-state index in [1.165, 1.54) is 10.4 Å². The van der Waals surface area contributed by atoms with Crippen molar-refractivity contribution in [3.8, 4) is 0 Å². The van der Waals surface area contributed by atoms with Gasteiger partial charge < -0.3 is 4.79 Å². The molecule has 0 N–H and O–H groups in total. The summed E-state index contributed by atoms with van der Waals surface area (Å²) in [5.74, 6) is 0.114. The molecule has 1 rings (SSSR count). The smallest absolute Gasteiger partial charge is 0.130 e. The van der Waals surface area contributed by atoms with Crippen molar-refractivity contribution in [3.63, 3.8) is 0 Å². The highest BCUT2D eigenvalue weighted by Crippen LogP contribution is 2.36. The van der Waals surface area contributed by atoms with E-state index in [4.69, 9.17) is 0 Å². The van der Waals surface area contributed by atoms with Crippen molar-refractivity contribution in [2.45, 2.75) is 39.3 Å². The summed E-state index contributed by atoms with van der Waals surface area (Å²) in [5.41, 5.74) is 0. The second-order valence-corrected chi connectivity index (χ2v) is 16.5. The molecule has 0 amide bonds. The molecule has 0 aromatic rings. The fraction of sp³-hybridized carbons (Fsp3) is 0.583. The van der Waals surface area contributed by atoms with E-state index in [1.807, 2.05) is 0 Å². The van der Waals surface area contributed by atoms with Crippen LogP contribution in [0, 0.1) is 5.92 Å². The number of rotatable bonds is 3. The highest BCUT2D eigenvalue weighted by atomic mass is 28.3. The maximum absolute atomic E-state index is 11.3. The van der Waals surface area contributed by atoms with Crippen molar-refractivity contribution < 1.29 is 4.79 Å². The van der Waals surface area contributed by atoms with Crippen LogP contribution in [0.1, 0.15) is 0 Å². The lowest BCUT2D eigenvalue weighted by atomic mass is 10.2. The Hall–Kier alpha value is -0.416. The lowest BCUT2D eigenvalue weighted by Crippen LogP contribution is -2.35. The van der Waals surface area contributed by atoms with Crippen LogP contribution in [0.2, 0.25) is 39.3 Å². The average molecular weight is 238 g/mol. The molecule has 3 heteroatoms. The number of allylic oxidation sites excluding steroid dienone is 4. The summed E-state index contributed by atoms with van der Waals surface area (Å²) in [5, 5.41) is 2.82. The molecule has 1 nitrogen and oxygen atoms in total. The number of hydrogen-bond donors (Lipinski definition) is 0. The topological polar surface area (TPSA) is 17.1 Å². The predicted molar refractivity (Wildman–Crippen MR) is 72.4 cm³/mol. The standard InChI is InChI=1S/C12H22OSi2/c1-14(2,3)11-7-8-12(10(11)9-13)15(4,5)6/h7-10H,1-6H3. The van der Waals surface area contributed by atoms with Crippen molar-refractivity contribution in [3.05, 3.63) is 22.5 Å². The van der Waals surface area contributed by atoms with Gasteiger partial charge in [0.05, 0.1) is 22.1 Å². The fourth-order valence-corrected chi connectivity index (χ4v) is 5.76. The van der Waals surface area contributed by atoms with Gasteiger partial charge >= 0.3 is 0 Å². The van der Waals surface area contributed by atoms with Gasteiger partial charge in [0.2, 0.25) is 0 Å². The Morgan fingerprint density at radius 1 is 0.933 bits per heavy atom. The van der Waals surface area contributed by atoms with Gasteiger partial charge in [0.1, 0.15) is 6.29 Å². The van der Waals surface area contributed by atoms with Crippen LogP contribution < -0.4 is 0 Å². The summed E-state index contributed by atoms with van der Waals surface area (Å²) in [7, 11) is -2.66. The molecule has 15 heavy (non-hydrogen) atoms. The molecule has 0 atom stereocenters. The molecule has 0 aromatic carbocycles. The molecule has 0 heterocycles. The Labute approximate surface area is 95.3 Å². The van der Waals surface area contributed by atoms with Crippen LogP contribution in [0.25, 0.3) is 0 Å². The van der Waals surface area contributed by atoms with Gasteiger partial charge in [-0.1, -0.05) is 61.8 Å². The summed E-state index contributed by atoms with van der Waals surface area (Å²) in [6.45, 7) is 13.9. The zero-order chi connectivity index (χ0) is 11.9. The Kier molecular flexibility index (Phi) is 3.26. The number of carbonyl (C=O) groups is 1. The van der Waals surface area contributed by atoms with Gasteiger partial charge in [-0.25, -0.2) is 0 Å². The Bertz CT molecular complexity index is 297. The normalized spacial score (nSPS) is 18.8. The Morgan fingerprint density at radius 3 is 1.47 bits per heavy atom. The van der Waals surface area contributed by atoms with E-state index in [1.54, 1.807) is 0 Å². The predicted octanol–water partition coefficient (Wildman–Crippen LogP) is 3.42. The summed E-state index contributed by atoms with van der Waals surface area (Å²) < 4.78 is 0. The van der Waals surface area contributed by atoms with Crippen LogP contribution in [0.4, 0.5) is 0 Å². The number of carbonyl (C=O) groups excluding carboxylic acids is 1. The van der Waals surface area contributed by atoms with Crippen LogP contribution in [-0.4, -0.2) is 22.4 Å². The molecular weight excluding hydrogens is 216 g/mol. The monoisotopic (exact) mass is 238 g/mol. The van der Waals surface area contributed by atoms with Crippen LogP contribution in [-0.2, 0) is 4.79 Å². The van der Waals surface area contributed by atoms with E-state index in [2.05, 4.69) is 51.4 Å². The first-order chi connectivity index (χ1) is 6.68. The third kappa shape index (κ3) is 2.58. The van der Waals surface area contributed by atoms with E-state index < -0.39 is 16.1 Å².